The molecule has 0 aromatic carbocycles. The monoisotopic (exact) mass is 102 g/mol. The summed E-state index contributed by atoms with van der Waals surface area (Å²) in [6, 6.07) is 0. The third-order valence-electron chi connectivity index (χ3n) is 0.863. The van der Waals surface area contributed by atoms with E-state index < -0.39 is 6.29 Å². The smallest absolute Gasteiger partial charge is 0.173 e. The SMILES string of the molecule is C/C=C(/C)C(O)O. The van der Waals surface area contributed by atoms with Gasteiger partial charge in [-0.15, -0.1) is 0 Å². The van der Waals surface area contributed by atoms with Gasteiger partial charge in [0.15, 0.2) is 6.29 Å². The molecular weight excluding hydrogens is 92.1 g/mol. The molecule has 42 valence electrons. The predicted molar refractivity (Wildman–Crippen MR) is 27.7 cm³/mol. The van der Waals surface area contributed by atoms with Gasteiger partial charge in [-0.3, -0.25) is 0 Å². The molecule has 0 heterocycles. The Morgan fingerprint density at radius 1 is 1.57 bits per heavy atom. The van der Waals surface area contributed by atoms with Crippen molar-refractivity contribution in [1.82, 2.24) is 0 Å². The molecule has 7 heavy (non-hydrogen) atoms. The standard InChI is InChI=1S/C5H10O2/c1-3-4(2)5(6)7/h3,5-7H,1-2H3/b4-3-. The summed E-state index contributed by atoms with van der Waals surface area (Å²) in [5.74, 6) is 0. The summed E-state index contributed by atoms with van der Waals surface area (Å²) < 4.78 is 0. The first-order valence-corrected chi connectivity index (χ1v) is 2.17. The molecule has 0 aliphatic heterocycles. The summed E-state index contributed by atoms with van der Waals surface area (Å²) in [7, 11) is 0. The van der Waals surface area contributed by atoms with Crippen LogP contribution >= 0.6 is 0 Å². The van der Waals surface area contributed by atoms with Crippen LogP contribution in [-0.2, 0) is 0 Å². The van der Waals surface area contributed by atoms with Gasteiger partial charge in [-0.2, -0.15) is 0 Å². The van der Waals surface area contributed by atoms with E-state index >= 15 is 0 Å². The summed E-state index contributed by atoms with van der Waals surface area (Å²) in [6.07, 6.45) is 0.384. The van der Waals surface area contributed by atoms with E-state index in [-0.39, 0.29) is 0 Å². The second-order valence-corrected chi connectivity index (χ2v) is 1.41. The van der Waals surface area contributed by atoms with E-state index in [1.807, 2.05) is 0 Å². The molecule has 0 fully saturated rings. The average molecular weight is 102 g/mol. The molecule has 0 aromatic heterocycles. The van der Waals surface area contributed by atoms with Crippen LogP contribution in [0.3, 0.4) is 0 Å². The molecule has 0 radical (unpaired) electrons. The third kappa shape index (κ3) is 2.37. The van der Waals surface area contributed by atoms with E-state index in [1.54, 1.807) is 19.9 Å². The summed E-state index contributed by atoms with van der Waals surface area (Å²) in [5.41, 5.74) is 0.583. The maximum absolute atomic E-state index is 8.31. The maximum atomic E-state index is 8.31. The van der Waals surface area contributed by atoms with Crippen LogP contribution in [0.15, 0.2) is 11.6 Å². The number of aliphatic hydroxyl groups is 2. The van der Waals surface area contributed by atoms with Crippen LogP contribution in [0, 0.1) is 0 Å². The van der Waals surface area contributed by atoms with E-state index in [1.165, 1.54) is 0 Å². The van der Waals surface area contributed by atoms with Crippen LogP contribution in [0.4, 0.5) is 0 Å². The van der Waals surface area contributed by atoms with Gasteiger partial charge in [0, 0.05) is 0 Å². The summed E-state index contributed by atoms with van der Waals surface area (Å²) in [5, 5.41) is 16.6. The van der Waals surface area contributed by atoms with Crippen LogP contribution < -0.4 is 0 Å². The molecular formula is C5H10O2. The number of aliphatic hydroxyl groups excluding tert-OH is 1. The second kappa shape index (κ2) is 2.77. The van der Waals surface area contributed by atoms with Crippen molar-refractivity contribution < 1.29 is 10.2 Å². The third-order valence-corrected chi connectivity index (χ3v) is 0.863. The zero-order valence-electron chi connectivity index (χ0n) is 4.55. The highest BCUT2D eigenvalue weighted by Gasteiger charge is 1.94. The Morgan fingerprint density at radius 2 is 2.00 bits per heavy atom. The molecule has 0 bridgehead atoms. The molecule has 0 saturated carbocycles. The number of allylic oxidation sites excluding steroid dienone is 1. The summed E-state index contributed by atoms with van der Waals surface area (Å²) in [6.45, 7) is 3.42. The molecule has 2 nitrogen and oxygen atoms in total. The molecule has 0 aliphatic carbocycles. The fourth-order valence-electron chi connectivity index (χ4n) is 0.149. The Morgan fingerprint density at radius 3 is 2.00 bits per heavy atom. The zero-order valence-corrected chi connectivity index (χ0v) is 4.55. The van der Waals surface area contributed by atoms with Crippen LogP contribution in [-0.4, -0.2) is 16.5 Å². The molecule has 0 saturated heterocycles. The van der Waals surface area contributed by atoms with Gasteiger partial charge in [-0.05, 0) is 19.4 Å². The molecule has 0 amide bonds. The Labute approximate surface area is 43.1 Å². The topological polar surface area (TPSA) is 40.5 Å². The van der Waals surface area contributed by atoms with E-state index in [0.717, 1.165) is 0 Å². The van der Waals surface area contributed by atoms with Gasteiger partial charge in [0.05, 0.1) is 0 Å². The van der Waals surface area contributed by atoms with Crippen molar-refractivity contribution in [1.29, 1.82) is 0 Å². The van der Waals surface area contributed by atoms with Crippen molar-refractivity contribution in [2.45, 2.75) is 20.1 Å². The Kier molecular flexibility index (Phi) is 2.64. The lowest BCUT2D eigenvalue weighted by molar-refractivity contribution is -0.00773. The lowest BCUT2D eigenvalue weighted by Crippen LogP contribution is -2.04. The van der Waals surface area contributed by atoms with Gasteiger partial charge in [0.1, 0.15) is 0 Å². The minimum atomic E-state index is -1.27. The number of hydrogen-bond acceptors (Lipinski definition) is 2. The van der Waals surface area contributed by atoms with Gasteiger partial charge in [-0.25, -0.2) is 0 Å². The number of rotatable bonds is 1. The van der Waals surface area contributed by atoms with Gasteiger partial charge >= 0.3 is 0 Å². The van der Waals surface area contributed by atoms with Crippen molar-refractivity contribution in [3.05, 3.63) is 11.6 Å². The van der Waals surface area contributed by atoms with Gasteiger partial charge in [0.25, 0.3) is 0 Å². The highest BCUT2D eigenvalue weighted by atomic mass is 16.5. The molecule has 0 aliphatic rings. The largest absolute Gasteiger partial charge is 0.365 e. The lowest BCUT2D eigenvalue weighted by atomic mass is 10.3. The van der Waals surface area contributed by atoms with E-state index in [9.17, 15) is 0 Å². The minimum Gasteiger partial charge on any atom is -0.365 e. The van der Waals surface area contributed by atoms with Gasteiger partial charge in [-0.1, -0.05) is 6.08 Å². The van der Waals surface area contributed by atoms with E-state index in [0.29, 0.717) is 5.57 Å². The fourth-order valence-corrected chi connectivity index (χ4v) is 0.149. The number of hydrogen-bond donors (Lipinski definition) is 2. The zero-order chi connectivity index (χ0) is 5.86. The molecule has 0 rings (SSSR count). The van der Waals surface area contributed by atoms with E-state index in [2.05, 4.69) is 0 Å². The molecule has 0 atom stereocenters. The molecule has 0 spiro atoms. The maximum Gasteiger partial charge on any atom is 0.173 e. The van der Waals surface area contributed by atoms with Crippen LogP contribution in [0.5, 0.6) is 0 Å². The van der Waals surface area contributed by atoms with E-state index in [4.69, 9.17) is 10.2 Å². The van der Waals surface area contributed by atoms with Crippen LogP contribution in [0.2, 0.25) is 0 Å². The Hall–Kier alpha value is -0.340. The first-order chi connectivity index (χ1) is 3.18. The van der Waals surface area contributed by atoms with Crippen molar-refractivity contribution in [3.8, 4) is 0 Å². The Bertz CT molecular complexity index is 74.1. The van der Waals surface area contributed by atoms with Gasteiger partial charge in [0.2, 0.25) is 0 Å². The highest BCUT2D eigenvalue weighted by molar-refractivity contribution is 4.97. The summed E-state index contributed by atoms with van der Waals surface area (Å²) >= 11 is 0. The first kappa shape index (κ1) is 6.66. The lowest BCUT2D eigenvalue weighted by Gasteiger charge is -1.98. The van der Waals surface area contributed by atoms with Crippen molar-refractivity contribution in [3.63, 3.8) is 0 Å². The predicted octanol–water partition coefficient (Wildman–Crippen LogP) is 0.263. The highest BCUT2D eigenvalue weighted by Crippen LogP contribution is 1.94. The average Bonchev–Trinajstić information content (AvgIpc) is 1.65. The fraction of sp³-hybridized carbons (Fsp3) is 0.600. The van der Waals surface area contributed by atoms with Crippen LogP contribution in [0.1, 0.15) is 13.8 Å². The molecule has 0 aromatic rings. The normalized spacial score (nSPS) is 13.0. The minimum absolute atomic E-state index is 0.583. The molecule has 0 unspecified atom stereocenters. The van der Waals surface area contributed by atoms with Crippen molar-refractivity contribution in [2.75, 3.05) is 0 Å². The molecule has 2 heteroatoms. The Balaban J connectivity index is 3.56. The quantitative estimate of drug-likeness (QED) is 0.368. The van der Waals surface area contributed by atoms with Crippen LogP contribution in [0.25, 0.3) is 0 Å². The second-order valence-electron chi connectivity index (χ2n) is 1.41. The van der Waals surface area contributed by atoms with Gasteiger partial charge < -0.3 is 10.2 Å². The van der Waals surface area contributed by atoms with Crippen molar-refractivity contribution >= 4 is 0 Å². The van der Waals surface area contributed by atoms with Crippen molar-refractivity contribution in [2.24, 2.45) is 0 Å². The summed E-state index contributed by atoms with van der Waals surface area (Å²) in [4.78, 5) is 0. The molecule has 2 N–H and O–H groups in total. The first-order valence-electron chi connectivity index (χ1n) is 2.17.